The van der Waals surface area contributed by atoms with Crippen LogP contribution >= 0.6 is 0 Å². The molecular weight excluding hydrogens is 512 g/mol. The van der Waals surface area contributed by atoms with Crippen molar-refractivity contribution >= 4 is 23.2 Å². The Kier molecular flexibility index (Phi) is 7.71. The molecule has 3 aliphatic rings. The zero-order valence-corrected chi connectivity index (χ0v) is 25.2. The van der Waals surface area contributed by atoms with Crippen LogP contribution in [0.1, 0.15) is 83.8 Å². The Morgan fingerprint density at radius 3 is 2.02 bits per heavy atom. The maximum Gasteiger partial charge on any atom is 0.262 e. The van der Waals surface area contributed by atoms with Crippen molar-refractivity contribution in [3.63, 3.8) is 0 Å². The molecule has 2 aliphatic carbocycles. The van der Waals surface area contributed by atoms with Gasteiger partial charge in [0, 0.05) is 53.5 Å². The van der Waals surface area contributed by atoms with Gasteiger partial charge in [0.15, 0.2) is 18.2 Å². The van der Waals surface area contributed by atoms with Crippen LogP contribution in [0.15, 0.2) is 71.1 Å². The summed E-state index contributed by atoms with van der Waals surface area (Å²) in [6.07, 6.45) is 3.51. The van der Waals surface area contributed by atoms with E-state index in [0.29, 0.717) is 18.6 Å². The van der Waals surface area contributed by atoms with Crippen LogP contribution in [0, 0.1) is 17.8 Å². The predicted octanol–water partition coefficient (Wildman–Crippen LogP) is 7.11. The normalized spacial score (nSPS) is 20.1. The number of carbonyl (C=O) groups excluding carboxylic acids is 3. The van der Waals surface area contributed by atoms with E-state index >= 15 is 0 Å². The fraction of sp³-hybridized carbons (Fsp3) is 0.457. The van der Waals surface area contributed by atoms with Gasteiger partial charge in [0.05, 0.1) is 0 Å². The molecule has 0 aromatic heterocycles. The number of carbonyl (C=O) groups is 3. The fourth-order valence-corrected chi connectivity index (χ4v) is 6.70. The second-order valence-corrected chi connectivity index (χ2v) is 13.5. The Hall–Kier alpha value is -3.67. The van der Waals surface area contributed by atoms with Crippen molar-refractivity contribution in [1.82, 2.24) is 4.90 Å². The van der Waals surface area contributed by atoms with E-state index in [-0.39, 0.29) is 40.8 Å². The van der Waals surface area contributed by atoms with Gasteiger partial charge in [0.25, 0.3) is 5.91 Å². The predicted molar refractivity (Wildman–Crippen MR) is 162 cm³/mol. The summed E-state index contributed by atoms with van der Waals surface area (Å²) in [7, 11) is 0. The number of nitrogens with zero attached hydrogens (tertiary/aromatic N) is 1. The van der Waals surface area contributed by atoms with E-state index in [1.165, 1.54) is 0 Å². The van der Waals surface area contributed by atoms with E-state index in [4.69, 9.17) is 4.74 Å². The number of hydrogen-bond donors (Lipinski definition) is 1. The lowest BCUT2D eigenvalue weighted by Gasteiger charge is -2.49. The molecule has 0 bridgehead atoms. The number of Topliss-reactive ketones (excluding diaryl/α,β-unsaturated/α-hetero) is 2. The van der Waals surface area contributed by atoms with E-state index in [1.807, 2.05) is 55.5 Å². The molecule has 1 amide bonds. The number of rotatable bonds is 7. The standard InChI is InChI=1S/C35H42N2O4/c1-7-15-37-26-17-34(3,4)19-28(38)32(26)31(33-27(37)18-35(5,6)20-29(33)39)23-11-13-25(14-12-23)41-21-30(40)36-24-10-8-9-22(2)16-24/h8-14,16,31H,7,15,17-21H2,1-6H3,(H,36,40). The number of allylic oxidation sites excluding steroid dienone is 4. The van der Waals surface area contributed by atoms with Gasteiger partial charge < -0.3 is 15.0 Å². The van der Waals surface area contributed by atoms with Gasteiger partial charge in [0.2, 0.25) is 0 Å². The Morgan fingerprint density at radius 2 is 1.49 bits per heavy atom. The van der Waals surface area contributed by atoms with Gasteiger partial charge in [-0.25, -0.2) is 0 Å². The number of hydrogen-bond acceptors (Lipinski definition) is 5. The topological polar surface area (TPSA) is 75.7 Å². The molecular formula is C35H42N2O4. The van der Waals surface area contributed by atoms with Crippen LogP contribution in [0.25, 0.3) is 0 Å². The molecule has 2 aromatic rings. The first kappa shape index (κ1) is 28.8. The molecule has 0 saturated carbocycles. The molecule has 0 unspecified atom stereocenters. The highest BCUT2D eigenvalue weighted by Gasteiger charge is 2.48. The molecule has 1 heterocycles. The highest BCUT2D eigenvalue weighted by molar-refractivity contribution is 6.06. The van der Waals surface area contributed by atoms with Gasteiger partial charge in [-0.15, -0.1) is 0 Å². The molecule has 0 radical (unpaired) electrons. The SMILES string of the molecule is CCCN1C2=C(C(=O)CC(C)(C)C2)C(c2ccc(OCC(=O)Nc3cccc(C)c3)cc2)C2=C1CC(C)(C)CC2=O. The molecule has 216 valence electrons. The van der Waals surface area contributed by atoms with E-state index < -0.39 is 0 Å². The van der Waals surface area contributed by atoms with E-state index in [0.717, 1.165) is 65.2 Å². The van der Waals surface area contributed by atoms with Gasteiger partial charge in [-0.2, -0.15) is 0 Å². The quantitative estimate of drug-likeness (QED) is 0.395. The first-order valence-corrected chi connectivity index (χ1v) is 14.8. The molecule has 2 aromatic carbocycles. The number of nitrogens with one attached hydrogen (secondary N) is 1. The van der Waals surface area contributed by atoms with Crippen molar-refractivity contribution in [2.45, 2.75) is 79.6 Å². The van der Waals surface area contributed by atoms with Crippen molar-refractivity contribution < 1.29 is 19.1 Å². The number of amides is 1. The summed E-state index contributed by atoms with van der Waals surface area (Å²) in [5.74, 6) is 0.226. The minimum atomic E-state index is -0.376. The summed E-state index contributed by atoms with van der Waals surface area (Å²) in [6, 6.07) is 15.2. The summed E-state index contributed by atoms with van der Waals surface area (Å²) in [5.41, 5.74) is 6.22. The van der Waals surface area contributed by atoms with Gasteiger partial charge in [-0.3, -0.25) is 14.4 Å². The minimum Gasteiger partial charge on any atom is -0.484 e. The number of aryl methyl sites for hydroxylation is 1. The van der Waals surface area contributed by atoms with Crippen molar-refractivity contribution in [1.29, 1.82) is 0 Å². The maximum absolute atomic E-state index is 13.8. The Labute approximate surface area is 243 Å². The van der Waals surface area contributed by atoms with Gasteiger partial charge in [-0.05, 0) is 72.4 Å². The molecule has 6 heteroatoms. The summed E-state index contributed by atoms with van der Waals surface area (Å²) < 4.78 is 5.79. The van der Waals surface area contributed by atoms with Crippen molar-refractivity contribution in [3.8, 4) is 5.75 Å². The Morgan fingerprint density at radius 1 is 0.902 bits per heavy atom. The zero-order chi connectivity index (χ0) is 29.5. The highest BCUT2D eigenvalue weighted by atomic mass is 16.5. The summed E-state index contributed by atoms with van der Waals surface area (Å²) in [6.45, 7) is 13.5. The molecule has 1 N–H and O–H groups in total. The number of ketones is 2. The molecule has 0 fully saturated rings. The third-order valence-electron chi connectivity index (χ3n) is 8.35. The Bertz CT molecular complexity index is 1390. The fourth-order valence-electron chi connectivity index (χ4n) is 6.70. The van der Waals surface area contributed by atoms with Gasteiger partial charge >= 0.3 is 0 Å². The van der Waals surface area contributed by atoms with Crippen LogP contribution < -0.4 is 10.1 Å². The van der Waals surface area contributed by atoms with Crippen molar-refractivity contribution in [2.24, 2.45) is 10.8 Å². The van der Waals surface area contributed by atoms with Crippen LogP contribution in [0.2, 0.25) is 0 Å². The lowest BCUT2D eigenvalue weighted by molar-refractivity contribution is -0.120. The smallest absolute Gasteiger partial charge is 0.262 e. The van der Waals surface area contributed by atoms with Crippen molar-refractivity contribution in [2.75, 3.05) is 18.5 Å². The monoisotopic (exact) mass is 554 g/mol. The van der Waals surface area contributed by atoms with Gasteiger partial charge in [0.1, 0.15) is 5.75 Å². The largest absolute Gasteiger partial charge is 0.484 e. The first-order chi connectivity index (χ1) is 19.4. The molecule has 0 spiro atoms. The zero-order valence-electron chi connectivity index (χ0n) is 25.2. The number of ether oxygens (including phenoxy) is 1. The second kappa shape index (κ2) is 11.0. The first-order valence-electron chi connectivity index (χ1n) is 14.8. The third-order valence-corrected chi connectivity index (χ3v) is 8.35. The molecule has 0 atom stereocenters. The number of benzene rings is 2. The van der Waals surface area contributed by atoms with E-state index in [9.17, 15) is 14.4 Å². The molecule has 41 heavy (non-hydrogen) atoms. The van der Waals surface area contributed by atoms with Crippen LogP contribution in [-0.4, -0.2) is 35.5 Å². The maximum atomic E-state index is 13.8. The average molecular weight is 555 g/mol. The molecule has 6 nitrogen and oxygen atoms in total. The second-order valence-electron chi connectivity index (χ2n) is 13.5. The van der Waals surface area contributed by atoms with E-state index in [2.05, 4.69) is 44.8 Å². The van der Waals surface area contributed by atoms with Crippen LogP contribution in [0.3, 0.4) is 0 Å². The third kappa shape index (κ3) is 6.02. The summed E-state index contributed by atoms with van der Waals surface area (Å²) in [4.78, 5) is 42.4. The van der Waals surface area contributed by atoms with E-state index in [1.54, 1.807) is 0 Å². The van der Waals surface area contributed by atoms with Crippen LogP contribution in [-0.2, 0) is 14.4 Å². The average Bonchev–Trinajstić information content (AvgIpc) is 2.87. The molecule has 0 saturated heterocycles. The lowest BCUT2D eigenvalue weighted by Crippen LogP contribution is -2.44. The molecule has 5 rings (SSSR count). The molecule has 1 aliphatic heterocycles. The number of anilines is 1. The van der Waals surface area contributed by atoms with Crippen molar-refractivity contribution in [3.05, 3.63) is 82.2 Å². The lowest BCUT2D eigenvalue weighted by atomic mass is 9.63. The summed E-state index contributed by atoms with van der Waals surface area (Å²) >= 11 is 0. The summed E-state index contributed by atoms with van der Waals surface area (Å²) in [5, 5.41) is 2.86. The highest BCUT2D eigenvalue weighted by Crippen LogP contribution is 2.54. The Balaban J connectivity index is 1.46. The van der Waals surface area contributed by atoms with Crippen LogP contribution in [0.4, 0.5) is 5.69 Å². The van der Waals surface area contributed by atoms with Gasteiger partial charge in [-0.1, -0.05) is 58.9 Å². The minimum absolute atomic E-state index is 0.117. The van der Waals surface area contributed by atoms with Crippen LogP contribution in [0.5, 0.6) is 5.75 Å².